The van der Waals surface area contributed by atoms with Crippen molar-refractivity contribution in [2.24, 2.45) is 0 Å². The standard InChI is InChI=1S/C18H23N3/c1-14-13-18(20-15(2)19-14)21-11-6-9-17(10-12-21)16-7-4-3-5-8-16/h3-5,7-8,13,17H,6,9-12H2,1-2H3. The van der Waals surface area contributed by atoms with Gasteiger partial charge in [-0.25, -0.2) is 9.97 Å². The quantitative estimate of drug-likeness (QED) is 0.837. The summed E-state index contributed by atoms with van der Waals surface area (Å²) < 4.78 is 0. The van der Waals surface area contributed by atoms with Crippen molar-refractivity contribution in [1.29, 1.82) is 0 Å². The molecule has 0 radical (unpaired) electrons. The molecule has 0 saturated carbocycles. The van der Waals surface area contributed by atoms with Gasteiger partial charge in [-0.2, -0.15) is 0 Å². The Morgan fingerprint density at radius 3 is 2.57 bits per heavy atom. The molecule has 0 spiro atoms. The third kappa shape index (κ3) is 3.41. The van der Waals surface area contributed by atoms with Crippen molar-refractivity contribution in [1.82, 2.24) is 9.97 Å². The second kappa shape index (κ2) is 6.25. The molecule has 1 unspecified atom stereocenters. The molecule has 2 heterocycles. The molecule has 1 aromatic carbocycles. The van der Waals surface area contributed by atoms with Crippen molar-refractivity contribution in [2.75, 3.05) is 18.0 Å². The summed E-state index contributed by atoms with van der Waals surface area (Å²) in [6.45, 7) is 6.19. The zero-order chi connectivity index (χ0) is 14.7. The van der Waals surface area contributed by atoms with Crippen LogP contribution >= 0.6 is 0 Å². The zero-order valence-electron chi connectivity index (χ0n) is 12.9. The van der Waals surface area contributed by atoms with Crippen molar-refractivity contribution in [2.45, 2.75) is 39.0 Å². The average Bonchev–Trinajstić information content (AvgIpc) is 2.73. The Hall–Kier alpha value is -1.90. The van der Waals surface area contributed by atoms with Crippen molar-refractivity contribution >= 4 is 5.82 Å². The van der Waals surface area contributed by atoms with Crippen LogP contribution < -0.4 is 4.90 Å². The smallest absolute Gasteiger partial charge is 0.132 e. The molecule has 110 valence electrons. The molecule has 3 heteroatoms. The number of aromatic nitrogens is 2. The van der Waals surface area contributed by atoms with Crippen molar-refractivity contribution in [3.05, 3.63) is 53.5 Å². The Bertz CT molecular complexity index is 574. The fourth-order valence-corrected chi connectivity index (χ4v) is 3.24. The first-order valence-corrected chi connectivity index (χ1v) is 7.84. The average molecular weight is 281 g/mol. The normalized spacial score (nSPS) is 19.3. The van der Waals surface area contributed by atoms with Gasteiger partial charge in [0.05, 0.1) is 0 Å². The molecule has 3 rings (SSSR count). The third-order valence-corrected chi connectivity index (χ3v) is 4.28. The van der Waals surface area contributed by atoms with Crippen LogP contribution in [-0.4, -0.2) is 23.1 Å². The van der Waals surface area contributed by atoms with Gasteiger partial charge in [-0.3, -0.25) is 0 Å². The second-order valence-electron chi connectivity index (χ2n) is 5.94. The van der Waals surface area contributed by atoms with E-state index in [9.17, 15) is 0 Å². The lowest BCUT2D eigenvalue weighted by molar-refractivity contribution is 0.612. The molecular weight excluding hydrogens is 258 g/mol. The molecule has 1 saturated heterocycles. The van der Waals surface area contributed by atoms with Crippen LogP contribution in [0.3, 0.4) is 0 Å². The Morgan fingerprint density at radius 2 is 1.81 bits per heavy atom. The molecule has 0 amide bonds. The number of rotatable bonds is 2. The van der Waals surface area contributed by atoms with Gasteiger partial charge in [-0.1, -0.05) is 30.3 Å². The van der Waals surface area contributed by atoms with Crippen molar-refractivity contribution in [3.63, 3.8) is 0 Å². The Balaban J connectivity index is 1.73. The molecular formula is C18H23N3. The number of anilines is 1. The summed E-state index contributed by atoms with van der Waals surface area (Å²) in [6.07, 6.45) is 3.69. The number of hydrogen-bond acceptors (Lipinski definition) is 3. The van der Waals surface area contributed by atoms with E-state index in [0.717, 1.165) is 30.4 Å². The summed E-state index contributed by atoms with van der Waals surface area (Å²) in [5.41, 5.74) is 2.54. The Morgan fingerprint density at radius 1 is 1.00 bits per heavy atom. The first-order valence-electron chi connectivity index (χ1n) is 7.84. The minimum Gasteiger partial charge on any atom is -0.356 e. The van der Waals surface area contributed by atoms with Gasteiger partial charge in [0.2, 0.25) is 0 Å². The molecule has 1 aliphatic rings. The molecule has 1 atom stereocenters. The molecule has 1 aromatic heterocycles. The summed E-state index contributed by atoms with van der Waals surface area (Å²) in [4.78, 5) is 11.4. The van der Waals surface area contributed by atoms with E-state index in [0.29, 0.717) is 5.92 Å². The highest BCUT2D eigenvalue weighted by Gasteiger charge is 2.19. The SMILES string of the molecule is Cc1cc(N2CCCC(c3ccccc3)CC2)nc(C)n1. The van der Waals surface area contributed by atoms with E-state index in [1.807, 2.05) is 13.8 Å². The van der Waals surface area contributed by atoms with Gasteiger partial charge in [0.15, 0.2) is 0 Å². The molecule has 1 fully saturated rings. The first-order chi connectivity index (χ1) is 10.2. The second-order valence-corrected chi connectivity index (χ2v) is 5.94. The van der Waals surface area contributed by atoms with E-state index in [1.54, 1.807) is 0 Å². The van der Waals surface area contributed by atoms with Crippen LogP contribution in [0.1, 0.15) is 42.3 Å². The highest BCUT2D eigenvalue weighted by molar-refractivity contribution is 5.40. The van der Waals surface area contributed by atoms with Gasteiger partial charge in [0.25, 0.3) is 0 Å². The largest absolute Gasteiger partial charge is 0.356 e. The van der Waals surface area contributed by atoms with Crippen molar-refractivity contribution in [3.8, 4) is 0 Å². The summed E-state index contributed by atoms with van der Waals surface area (Å²) in [7, 11) is 0. The lowest BCUT2D eigenvalue weighted by Gasteiger charge is -2.22. The van der Waals surface area contributed by atoms with Crippen LogP contribution in [0.15, 0.2) is 36.4 Å². The predicted molar refractivity (Wildman–Crippen MR) is 86.8 cm³/mol. The predicted octanol–water partition coefficient (Wildman–Crippen LogP) is 3.87. The summed E-state index contributed by atoms with van der Waals surface area (Å²) in [5.74, 6) is 2.64. The third-order valence-electron chi connectivity index (χ3n) is 4.28. The number of nitrogens with zero attached hydrogens (tertiary/aromatic N) is 3. The fourth-order valence-electron chi connectivity index (χ4n) is 3.24. The maximum Gasteiger partial charge on any atom is 0.132 e. The lowest BCUT2D eigenvalue weighted by Crippen LogP contribution is -2.25. The highest BCUT2D eigenvalue weighted by Crippen LogP contribution is 2.29. The van der Waals surface area contributed by atoms with E-state index in [2.05, 4.69) is 51.3 Å². The maximum absolute atomic E-state index is 4.61. The summed E-state index contributed by atoms with van der Waals surface area (Å²) >= 11 is 0. The van der Waals surface area contributed by atoms with Crippen molar-refractivity contribution < 1.29 is 0 Å². The molecule has 21 heavy (non-hydrogen) atoms. The van der Waals surface area contributed by atoms with Crippen LogP contribution in [0.25, 0.3) is 0 Å². The van der Waals surface area contributed by atoms with E-state index in [4.69, 9.17) is 0 Å². The topological polar surface area (TPSA) is 29.0 Å². The van der Waals surface area contributed by atoms with Crippen LogP contribution in [0.4, 0.5) is 5.82 Å². The van der Waals surface area contributed by atoms with E-state index >= 15 is 0 Å². The van der Waals surface area contributed by atoms with Gasteiger partial charge in [-0.15, -0.1) is 0 Å². The number of aryl methyl sites for hydroxylation is 2. The zero-order valence-corrected chi connectivity index (χ0v) is 12.9. The van der Waals surface area contributed by atoms with Gasteiger partial charge in [0, 0.05) is 24.8 Å². The fraction of sp³-hybridized carbons (Fsp3) is 0.444. The van der Waals surface area contributed by atoms with Crippen LogP contribution in [0, 0.1) is 13.8 Å². The van der Waals surface area contributed by atoms with Gasteiger partial charge >= 0.3 is 0 Å². The Kier molecular flexibility index (Phi) is 4.18. The van der Waals surface area contributed by atoms with E-state index in [1.165, 1.54) is 24.8 Å². The van der Waals surface area contributed by atoms with E-state index < -0.39 is 0 Å². The molecule has 0 aliphatic carbocycles. The first kappa shape index (κ1) is 14.1. The molecule has 0 bridgehead atoms. The molecule has 1 aliphatic heterocycles. The molecule has 3 nitrogen and oxygen atoms in total. The number of benzene rings is 1. The van der Waals surface area contributed by atoms with Gasteiger partial charge in [-0.05, 0) is 44.6 Å². The minimum atomic E-state index is 0.681. The van der Waals surface area contributed by atoms with E-state index in [-0.39, 0.29) is 0 Å². The van der Waals surface area contributed by atoms with Crippen LogP contribution in [-0.2, 0) is 0 Å². The van der Waals surface area contributed by atoms with Gasteiger partial charge < -0.3 is 4.90 Å². The highest BCUT2D eigenvalue weighted by atomic mass is 15.2. The number of hydrogen-bond donors (Lipinski definition) is 0. The summed E-state index contributed by atoms with van der Waals surface area (Å²) in [5, 5.41) is 0. The molecule has 0 N–H and O–H groups in total. The van der Waals surface area contributed by atoms with Gasteiger partial charge in [0.1, 0.15) is 11.6 Å². The Labute approximate surface area is 127 Å². The lowest BCUT2D eigenvalue weighted by atomic mass is 9.92. The maximum atomic E-state index is 4.61. The monoisotopic (exact) mass is 281 g/mol. The summed E-state index contributed by atoms with van der Waals surface area (Å²) in [6, 6.07) is 13.0. The minimum absolute atomic E-state index is 0.681. The van der Waals surface area contributed by atoms with Crippen LogP contribution in [0.2, 0.25) is 0 Å². The van der Waals surface area contributed by atoms with Crippen LogP contribution in [0.5, 0.6) is 0 Å². The molecule has 2 aromatic rings.